The molecule has 0 spiro atoms. The van der Waals surface area contributed by atoms with E-state index in [2.05, 4.69) is 5.32 Å². The molecule has 1 aromatic rings. The molecule has 2 fully saturated rings. The summed E-state index contributed by atoms with van der Waals surface area (Å²) in [6.45, 7) is 8.31. The fourth-order valence-corrected chi connectivity index (χ4v) is 3.73. The molecule has 1 aromatic carbocycles. The minimum Gasteiger partial charge on any atom is -0.481 e. The van der Waals surface area contributed by atoms with Crippen molar-refractivity contribution in [2.24, 2.45) is 0 Å². The van der Waals surface area contributed by atoms with Gasteiger partial charge in [-0.05, 0) is 38.5 Å². The number of rotatable bonds is 7. The molecule has 0 saturated carbocycles. The Hall–Kier alpha value is -3.38. The predicted molar refractivity (Wildman–Crippen MR) is 126 cm³/mol. The van der Waals surface area contributed by atoms with Gasteiger partial charge in [0.15, 0.2) is 6.10 Å². The van der Waals surface area contributed by atoms with E-state index in [9.17, 15) is 19.2 Å². The first-order chi connectivity index (χ1) is 16.0. The lowest BCUT2D eigenvalue weighted by Gasteiger charge is -2.35. The molecule has 2 aliphatic rings. The van der Waals surface area contributed by atoms with E-state index in [0.717, 1.165) is 5.56 Å². The average molecular weight is 495 g/mol. The summed E-state index contributed by atoms with van der Waals surface area (Å²) in [5.74, 6) is -1.09. The number of ether oxygens (including phenoxy) is 2. The van der Waals surface area contributed by atoms with E-state index in [1.54, 1.807) is 49.9 Å². The topological polar surface area (TPSA) is 160 Å². The van der Waals surface area contributed by atoms with E-state index in [1.807, 2.05) is 4.90 Å². The molecule has 194 valence electrons. The lowest BCUT2D eigenvalue weighted by Crippen LogP contribution is -2.52. The molecule has 2 heterocycles. The number of hydrogen-bond acceptors (Lipinski definition) is 7. The van der Waals surface area contributed by atoms with Crippen LogP contribution in [0.15, 0.2) is 24.3 Å². The Labute approximate surface area is 204 Å². The number of anilines is 1. The summed E-state index contributed by atoms with van der Waals surface area (Å²) in [5, 5.41) is 11.5. The van der Waals surface area contributed by atoms with Crippen LogP contribution in [0.25, 0.3) is 0 Å². The lowest BCUT2D eigenvalue weighted by atomic mass is 10.2. The van der Waals surface area contributed by atoms with E-state index in [4.69, 9.17) is 14.6 Å². The van der Waals surface area contributed by atoms with Gasteiger partial charge in [-0.1, -0.05) is 12.1 Å². The second-order valence-corrected chi connectivity index (χ2v) is 9.32. The Kier molecular flexibility index (Phi) is 9.43. The fraction of sp³-hybridized carbons (Fsp3) is 0.565. The number of nitrogens with one attached hydrogen (secondary N) is 1. The fourth-order valence-electron chi connectivity index (χ4n) is 3.73. The van der Waals surface area contributed by atoms with E-state index in [0.29, 0.717) is 38.4 Å². The number of carboxylic acids is 1. The predicted octanol–water partition coefficient (Wildman–Crippen LogP) is 0.831. The van der Waals surface area contributed by atoms with Gasteiger partial charge in [-0.15, -0.1) is 0 Å². The van der Waals surface area contributed by atoms with Crippen molar-refractivity contribution in [1.29, 1.82) is 0 Å². The summed E-state index contributed by atoms with van der Waals surface area (Å²) in [4.78, 5) is 52.8. The van der Waals surface area contributed by atoms with Gasteiger partial charge in [0.05, 0.1) is 13.0 Å². The first-order valence-electron chi connectivity index (χ1n) is 11.3. The maximum atomic E-state index is 12.9. The average Bonchev–Trinajstić information content (AvgIpc) is 3.17. The summed E-state index contributed by atoms with van der Waals surface area (Å²) < 4.78 is 10.5. The number of carbonyl (C=O) groups is 4. The van der Waals surface area contributed by atoms with Gasteiger partial charge in [-0.3, -0.25) is 19.4 Å². The molecule has 2 saturated heterocycles. The maximum absolute atomic E-state index is 12.9. The van der Waals surface area contributed by atoms with E-state index in [-0.39, 0.29) is 30.9 Å². The van der Waals surface area contributed by atoms with Crippen molar-refractivity contribution in [3.8, 4) is 0 Å². The Morgan fingerprint density at radius 1 is 1.11 bits per heavy atom. The van der Waals surface area contributed by atoms with Gasteiger partial charge in [0.2, 0.25) is 0 Å². The second-order valence-electron chi connectivity index (χ2n) is 9.32. The van der Waals surface area contributed by atoms with Crippen molar-refractivity contribution in [2.75, 3.05) is 44.2 Å². The summed E-state index contributed by atoms with van der Waals surface area (Å²) in [6.07, 6.45) is -1.91. The Balaban J connectivity index is 0.00000432. The smallest absolute Gasteiger partial charge is 0.415 e. The van der Waals surface area contributed by atoms with Crippen molar-refractivity contribution in [2.45, 2.75) is 45.4 Å². The number of aliphatic carboxylic acids is 1. The molecule has 1 atom stereocenters. The molecule has 3 amide bonds. The number of cyclic esters (lactones) is 1. The minimum atomic E-state index is -0.883. The van der Waals surface area contributed by atoms with Crippen molar-refractivity contribution in [1.82, 2.24) is 15.1 Å². The second kappa shape index (κ2) is 11.8. The van der Waals surface area contributed by atoms with Crippen LogP contribution in [-0.2, 0) is 25.6 Å². The molecule has 12 nitrogen and oxygen atoms in total. The van der Waals surface area contributed by atoms with Crippen molar-refractivity contribution in [3.05, 3.63) is 29.8 Å². The van der Waals surface area contributed by atoms with Crippen LogP contribution in [0.2, 0.25) is 0 Å². The number of piperazine rings is 1. The number of carboxylic acid groups (broad SMARTS) is 1. The normalized spacial score (nSPS) is 18.5. The highest BCUT2D eigenvalue weighted by Crippen LogP contribution is 2.23. The highest BCUT2D eigenvalue weighted by atomic mass is 16.6. The molecule has 4 N–H and O–H groups in total. The zero-order chi connectivity index (χ0) is 24.9. The first kappa shape index (κ1) is 27.9. The molecule has 12 heteroatoms. The summed E-state index contributed by atoms with van der Waals surface area (Å²) in [5.41, 5.74) is 0.849. The Bertz CT molecular complexity index is 907. The van der Waals surface area contributed by atoms with Crippen molar-refractivity contribution >= 4 is 29.8 Å². The molecular formula is C23H34N4O8. The number of amides is 3. The molecule has 0 radical (unpaired) electrons. The van der Waals surface area contributed by atoms with Crippen LogP contribution in [0.4, 0.5) is 15.3 Å². The standard InChI is InChI=1S/C23H32N4O7.H2O/c1-23(2,3)34-21(31)24-14-16-4-6-17(7-5-16)27-15-18(33-22(27)32)20(30)26-12-10-25(11-13-26)9-8-19(28)29;/h4-7,18H,8-15H2,1-3H3,(H,24,31)(H,28,29);1H2. The third kappa shape index (κ3) is 8.11. The number of nitrogens with zero attached hydrogens (tertiary/aromatic N) is 3. The van der Waals surface area contributed by atoms with Crippen molar-refractivity contribution in [3.63, 3.8) is 0 Å². The molecule has 0 bridgehead atoms. The third-order valence-electron chi connectivity index (χ3n) is 5.50. The molecule has 0 aliphatic carbocycles. The molecule has 3 rings (SSSR count). The monoisotopic (exact) mass is 494 g/mol. The van der Waals surface area contributed by atoms with Crippen LogP contribution in [0.5, 0.6) is 0 Å². The Morgan fingerprint density at radius 2 is 1.74 bits per heavy atom. The van der Waals surface area contributed by atoms with Gasteiger partial charge in [0.25, 0.3) is 5.91 Å². The highest BCUT2D eigenvalue weighted by Gasteiger charge is 2.39. The van der Waals surface area contributed by atoms with Crippen LogP contribution in [0.1, 0.15) is 32.8 Å². The quantitative estimate of drug-likeness (QED) is 0.564. The van der Waals surface area contributed by atoms with E-state index >= 15 is 0 Å². The zero-order valence-electron chi connectivity index (χ0n) is 20.3. The van der Waals surface area contributed by atoms with Gasteiger partial charge in [-0.2, -0.15) is 0 Å². The molecule has 35 heavy (non-hydrogen) atoms. The van der Waals surface area contributed by atoms with Crippen LogP contribution < -0.4 is 10.2 Å². The highest BCUT2D eigenvalue weighted by molar-refractivity contribution is 5.95. The number of benzene rings is 1. The number of alkyl carbamates (subject to hydrolysis) is 1. The minimum absolute atomic E-state index is 0. The van der Waals surface area contributed by atoms with Crippen LogP contribution in [0, 0.1) is 0 Å². The SMILES string of the molecule is CC(C)(C)OC(=O)NCc1ccc(N2CC(C(=O)N3CCN(CCC(=O)O)CC3)OC2=O)cc1.O. The van der Waals surface area contributed by atoms with E-state index in [1.165, 1.54) is 4.90 Å². The summed E-state index contributed by atoms with van der Waals surface area (Å²) in [6, 6.07) is 7.04. The zero-order valence-corrected chi connectivity index (χ0v) is 20.3. The third-order valence-corrected chi connectivity index (χ3v) is 5.50. The van der Waals surface area contributed by atoms with E-state index < -0.39 is 29.9 Å². The summed E-state index contributed by atoms with van der Waals surface area (Å²) in [7, 11) is 0. The van der Waals surface area contributed by atoms with Gasteiger partial charge in [-0.25, -0.2) is 9.59 Å². The molecular weight excluding hydrogens is 460 g/mol. The maximum Gasteiger partial charge on any atom is 0.415 e. The Morgan fingerprint density at radius 3 is 2.31 bits per heavy atom. The first-order valence-corrected chi connectivity index (χ1v) is 11.3. The molecule has 1 unspecified atom stereocenters. The van der Waals surface area contributed by atoms with Crippen LogP contribution in [-0.4, -0.2) is 95.4 Å². The van der Waals surface area contributed by atoms with Gasteiger partial charge in [0, 0.05) is 45.0 Å². The van der Waals surface area contributed by atoms with Gasteiger partial charge in [0.1, 0.15) is 5.60 Å². The van der Waals surface area contributed by atoms with Crippen LogP contribution in [0.3, 0.4) is 0 Å². The largest absolute Gasteiger partial charge is 0.481 e. The number of carbonyl (C=O) groups excluding carboxylic acids is 3. The summed E-state index contributed by atoms with van der Waals surface area (Å²) >= 11 is 0. The number of hydrogen-bond donors (Lipinski definition) is 2. The van der Waals surface area contributed by atoms with Gasteiger partial charge < -0.3 is 30.3 Å². The molecule has 2 aliphatic heterocycles. The van der Waals surface area contributed by atoms with Gasteiger partial charge >= 0.3 is 18.2 Å². The van der Waals surface area contributed by atoms with Crippen LogP contribution >= 0.6 is 0 Å². The lowest BCUT2D eigenvalue weighted by molar-refractivity contribution is -0.141. The molecule has 0 aromatic heterocycles. The van der Waals surface area contributed by atoms with Crippen molar-refractivity contribution < 1.29 is 39.2 Å².